The molecule has 1 heterocycles. The zero-order valence-electron chi connectivity index (χ0n) is 10.9. The number of hydrogen-bond donors (Lipinski definition) is 1. The van der Waals surface area contributed by atoms with Crippen molar-refractivity contribution in [1.82, 2.24) is 10.3 Å². The summed E-state index contributed by atoms with van der Waals surface area (Å²) < 4.78 is 43.3. The van der Waals surface area contributed by atoms with Crippen LogP contribution in [0.3, 0.4) is 0 Å². The van der Waals surface area contributed by atoms with E-state index in [1.807, 2.05) is 20.8 Å². The average Bonchev–Trinajstić information content (AvgIpc) is 2.70. The van der Waals surface area contributed by atoms with E-state index < -0.39 is 17.3 Å². The molecule has 3 nitrogen and oxygen atoms in total. The number of halogens is 3. The first-order valence-corrected chi connectivity index (χ1v) is 5.97. The minimum absolute atomic E-state index is 0.218. The Hall–Kier alpha value is -1.56. The lowest BCUT2D eigenvalue weighted by Crippen LogP contribution is -2.36. The molecule has 0 aliphatic carbocycles. The minimum atomic E-state index is -4.37. The Labute approximate surface area is 108 Å². The highest BCUT2D eigenvalue weighted by Crippen LogP contribution is 2.32. The topological polar surface area (TPSA) is 38.1 Å². The normalized spacial score (nSPS) is 13.2. The van der Waals surface area contributed by atoms with Gasteiger partial charge in [-0.3, -0.25) is 0 Å². The Balaban J connectivity index is 2.47. The molecule has 0 unspecified atom stereocenters. The Morgan fingerprint density at radius 3 is 2.53 bits per heavy atom. The smallest absolute Gasteiger partial charge is 0.416 e. The van der Waals surface area contributed by atoms with E-state index >= 15 is 0 Å². The van der Waals surface area contributed by atoms with Crippen LogP contribution in [0.5, 0.6) is 0 Å². The first kappa shape index (κ1) is 13.9. The van der Waals surface area contributed by atoms with E-state index in [9.17, 15) is 13.2 Å². The molecule has 6 heteroatoms. The Morgan fingerprint density at radius 2 is 1.95 bits per heavy atom. The summed E-state index contributed by atoms with van der Waals surface area (Å²) >= 11 is 0. The van der Waals surface area contributed by atoms with Crippen molar-refractivity contribution in [2.24, 2.45) is 0 Å². The number of nitrogens with one attached hydrogen (secondary N) is 1. The Bertz CT molecular complexity index is 587. The summed E-state index contributed by atoms with van der Waals surface area (Å²) in [7, 11) is 0. The van der Waals surface area contributed by atoms with E-state index in [0.717, 1.165) is 12.1 Å². The van der Waals surface area contributed by atoms with E-state index in [0.29, 0.717) is 18.0 Å². The van der Waals surface area contributed by atoms with Gasteiger partial charge in [0.25, 0.3) is 0 Å². The summed E-state index contributed by atoms with van der Waals surface area (Å²) in [4.78, 5) is 4.15. The SMILES string of the molecule is CCNC(C)(C)c1nc2cc(C(F)(F)F)ccc2o1. The van der Waals surface area contributed by atoms with Crippen LogP contribution in [0.4, 0.5) is 13.2 Å². The van der Waals surface area contributed by atoms with Crippen molar-refractivity contribution in [3.8, 4) is 0 Å². The highest BCUT2D eigenvalue weighted by molar-refractivity contribution is 5.73. The molecule has 2 rings (SSSR count). The van der Waals surface area contributed by atoms with Crippen molar-refractivity contribution in [2.75, 3.05) is 6.54 Å². The van der Waals surface area contributed by atoms with Gasteiger partial charge in [-0.15, -0.1) is 0 Å². The molecule has 0 aliphatic heterocycles. The molecule has 0 aliphatic rings. The molecule has 0 bridgehead atoms. The minimum Gasteiger partial charge on any atom is -0.439 e. The van der Waals surface area contributed by atoms with Crippen LogP contribution in [-0.2, 0) is 11.7 Å². The maximum absolute atomic E-state index is 12.6. The van der Waals surface area contributed by atoms with Gasteiger partial charge < -0.3 is 9.73 Å². The second-order valence-corrected chi connectivity index (χ2v) is 4.85. The Morgan fingerprint density at radius 1 is 1.26 bits per heavy atom. The first-order valence-electron chi connectivity index (χ1n) is 5.97. The molecule has 0 radical (unpaired) electrons. The number of fused-ring (bicyclic) bond motifs is 1. The van der Waals surface area contributed by atoms with Crippen LogP contribution in [0.1, 0.15) is 32.2 Å². The number of benzene rings is 1. The first-order chi connectivity index (χ1) is 8.74. The summed E-state index contributed by atoms with van der Waals surface area (Å²) in [5.41, 5.74) is -0.669. The van der Waals surface area contributed by atoms with Crippen molar-refractivity contribution >= 4 is 11.1 Å². The van der Waals surface area contributed by atoms with Crippen molar-refractivity contribution in [3.05, 3.63) is 29.7 Å². The third-order valence-corrected chi connectivity index (χ3v) is 2.87. The fourth-order valence-electron chi connectivity index (χ4n) is 1.89. The number of aromatic nitrogens is 1. The van der Waals surface area contributed by atoms with Crippen LogP contribution in [0.25, 0.3) is 11.1 Å². The number of rotatable bonds is 3. The molecule has 1 aromatic carbocycles. The molecule has 0 fully saturated rings. The lowest BCUT2D eigenvalue weighted by Gasteiger charge is -2.21. The molecule has 0 amide bonds. The average molecular weight is 272 g/mol. The Kier molecular flexibility index (Phi) is 3.30. The summed E-state index contributed by atoms with van der Waals surface area (Å²) in [5.74, 6) is 0.378. The maximum Gasteiger partial charge on any atom is 0.416 e. The molecule has 104 valence electrons. The van der Waals surface area contributed by atoms with Gasteiger partial charge in [0.05, 0.1) is 11.1 Å². The molecule has 1 aromatic heterocycles. The largest absolute Gasteiger partial charge is 0.439 e. The number of oxazole rings is 1. The van der Waals surface area contributed by atoms with E-state index in [4.69, 9.17) is 4.42 Å². The predicted molar refractivity (Wildman–Crippen MR) is 65.7 cm³/mol. The van der Waals surface area contributed by atoms with Crippen molar-refractivity contribution in [1.29, 1.82) is 0 Å². The van der Waals surface area contributed by atoms with Gasteiger partial charge in [-0.05, 0) is 38.6 Å². The van der Waals surface area contributed by atoms with Crippen LogP contribution in [0.2, 0.25) is 0 Å². The molecule has 0 atom stereocenters. The maximum atomic E-state index is 12.6. The molecule has 2 aromatic rings. The zero-order chi connectivity index (χ0) is 14.3. The third-order valence-electron chi connectivity index (χ3n) is 2.87. The van der Waals surface area contributed by atoms with E-state index in [-0.39, 0.29) is 5.52 Å². The third kappa shape index (κ3) is 2.73. The number of nitrogens with zero attached hydrogens (tertiary/aromatic N) is 1. The molecular formula is C13H15F3N2O. The van der Waals surface area contributed by atoms with Gasteiger partial charge in [-0.2, -0.15) is 13.2 Å². The van der Waals surface area contributed by atoms with Crippen LogP contribution in [0, 0.1) is 0 Å². The second kappa shape index (κ2) is 4.52. The summed E-state index contributed by atoms with van der Waals surface area (Å²) in [6.07, 6.45) is -4.37. The van der Waals surface area contributed by atoms with Crippen molar-refractivity contribution in [3.63, 3.8) is 0 Å². The zero-order valence-corrected chi connectivity index (χ0v) is 10.9. The van der Waals surface area contributed by atoms with E-state index in [1.165, 1.54) is 6.07 Å². The van der Waals surface area contributed by atoms with Crippen LogP contribution < -0.4 is 5.32 Å². The fraction of sp³-hybridized carbons (Fsp3) is 0.462. The molecular weight excluding hydrogens is 257 g/mol. The monoisotopic (exact) mass is 272 g/mol. The quantitative estimate of drug-likeness (QED) is 0.926. The van der Waals surface area contributed by atoms with Gasteiger partial charge in [0, 0.05) is 0 Å². The molecule has 0 spiro atoms. The fourth-order valence-corrected chi connectivity index (χ4v) is 1.89. The molecule has 0 saturated heterocycles. The van der Waals surface area contributed by atoms with Gasteiger partial charge >= 0.3 is 6.18 Å². The van der Waals surface area contributed by atoms with E-state index in [2.05, 4.69) is 10.3 Å². The van der Waals surface area contributed by atoms with Crippen LogP contribution in [-0.4, -0.2) is 11.5 Å². The second-order valence-electron chi connectivity index (χ2n) is 4.85. The van der Waals surface area contributed by atoms with E-state index in [1.54, 1.807) is 0 Å². The number of hydrogen-bond acceptors (Lipinski definition) is 3. The van der Waals surface area contributed by atoms with Crippen LogP contribution in [0.15, 0.2) is 22.6 Å². The van der Waals surface area contributed by atoms with Crippen molar-refractivity contribution in [2.45, 2.75) is 32.5 Å². The van der Waals surface area contributed by atoms with Gasteiger partial charge in [-0.25, -0.2) is 4.98 Å². The lowest BCUT2D eigenvalue weighted by atomic mass is 10.1. The standard InChI is InChI=1S/C13H15F3N2O/c1-4-17-12(2,3)11-18-9-7-8(13(14,15)16)5-6-10(9)19-11/h5-7,17H,4H2,1-3H3. The van der Waals surface area contributed by atoms with Gasteiger partial charge in [0.15, 0.2) is 5.58 Å². The van der Waals surface area contributed by atoms with Gasteiger partial charge in [0.1, 0.15) is 5.52 Å². The highest BCUT2D eigenvalue weighted by atomic mass is 19.4. The lowest BCUT2D eigenvalue weighted by molar-refractivity contribution is -0.137. The van der Waals surface area contributed by atoms with Gasteiger partial charge in [0.2, 0.25) is 5.89 Å². The molecule has 0 saturated carbocycles. The number of alkyl halides is 3. The van der Waals surface area contributed by atoms with Crippen LogP contribution >= 0.6 is 0 Å². The molecule has 19 heavy (non-hydrogen) atoms. The van der Waals surface area contributed by atoms with Crippen molar-refractivity contribution < 1.29 is 17.6 Å². The van der Waals surface area contributed by atoms with Gasteiger partial charge in [-0.1, -0.05) is 6.92 Å². The predicted octanol–water partition coefficient (Wildman–Crippen LogP) is 3.69. The molecule has 1 N–H and O–H groups in total. The highest BCUT2D eigenvalue weighted by Gasteiger charge is 2.32. The summed E-state index contributed by atoms with van der Waals surface area (Å²) in [6, 6.07) is 3.30. The summed E-state index contributed by atoms with van der Waals surface area (Å²) in [6.45, 7) is 6.38. The summed E-state index contributed by atoms with van der Waals surface area (Å²) in [5, 5.41) is 3.17.